The molecule has 2 rings (SSSR count). The smallest absolute Gasteiger partial charge is 0.152 e. The van der Waals surface area contributed by atoms with Gasteiger partial charge in [0.1, 0.15) is 0 Å². The standard InChI is InChI=1S/C12H13ClN2S/c1-8-3-5-14-12(13)11(8)15-9(2)10-4-6-16-7-10/h3-7,9,15H,1-2H3. The number of hydrogen-bond acceptors (Lipinski definition) is 3. The molecule has 0 amide bonds. The molecule has 0 spiro atoms. The van der Waals surface area contributed by atoms with Crippen LogP contribution < -0.4 is 5.32 Å². The molecular weight excluding hydrogens is 240 g/mol. The highest BCUT2D eigenvalue weighted by atomic mass is 35.5. The molecule has 4 heteroatoms. The Balaban J connectivity index is 2.21. The Morgan fingerprint density at radius 1 is 1.44 bits per heavy atom. The molecule has 2 heterocycles. The summed E-state index contributed by atoms with van der Waals surface area (Å²) in [6.45, 7) is 4.14. The van der Waals surface area contributed by atoms with Crippen LogP contribution in [0.25, 0.3) is 0 Å². The summed E-state index contributed by atoms with van der Waals surface area (Å²) in [5.41, 5.74) is 3.30. The van der Waals surface area contributed by atoms with Gasteiger partial charge in [0.25, 0.3) is 0 Å². The molecular formula is C12H13ClN2S. The van der Waals surface area contributed by atoms with Crippen LogP contribution in [0.5, 0.6) is 0 Å². The maximum atomic E-state index is 6.06. The van der Waals surface area contributed by atoms with E-state index in [9.17, 15) is 0 Å². The van der Waals surface area contributed by atoms with E-state index in [1.54, 1.807) is 17.5 Å². The first-order chi connectivity index (χ1) is 7.68. The van der Waals surface area contributed by atoms with Gasteiger partial charge in [-0.2, -0.15) is 11.3 Å². The topological polar surface area (TPSA) is 24.9 Å². The van der Waals surface area contributed by atoms with Crippen molar-refractivity contribution in [2.24, 2.45) is 0 Å². The average Bonchev–Trinajstić information content (AvgIpc) is 2.76. The van der Waals surface area contributed by atoms with Gasteiger partial charge in [-0.1, -0.05) is 11.6 Å². The lowest BCUT2D eigenvalue weighted by Crippen LogP contribution is -2.07. The third kappa shape index (κ3) is 2.36. The van der Waals surface area contributed by atoms with Crippen molar-refractivity contribution in [2.75, 3.05) is 5.32 Å². The van der Waals surface area contributed by atoms with Gasteiger partial charge < -0.3 is 5.32 Å². The average molecular weight is 253 g/mol. The number of anilines is 1. The van der Waals surface area contributed by atoms with Gasteiger partial charge in [0.2, 0.25) is 0 Å². The molecule has 0 aliphatic rings. The molecule has 0 aromatic carbocycles. The van der Waals surface area contributed by atoms with Crippen LogP contribution in [-0.2, 0) is 0 Å². The highest BCUT2D eigenvalue weighted by Gasteiger charge is 2.10. The SMILES string of the molecule is Cc1ccnc(Cl)c1NC(C)c1ccsc1. The number of thiophene rings is 1. The van der Waals surface area contributed by atoms with Crippen molar-refractivity contribution in [3.63, 3.8) is 0 Å². The lowest BCUT2D eigenvalue weighted by atomic mass is 10.1. The van der Waals surface area contributed by atoms with Crippen LogP contribution in [0.1, 0.15) is 24.1 Å². The third-order valence-electron chi connectivity index (χ3n) is 2.52. The van der Waals surface area contributed by atoms with Crippen molar-refractivity contribution in [3.8, 4) is 0 Å². The summed E-state index contributed by atoms with van der Waals surface area (Å²) in [7, 11) is 0. The third-order valence-corrected chi connectivity index (χ3v) is 3.51. The van der Waals surface area contributed by atoms with E-state index in [0.29, 0.717) is 5.15 Å². The van der Waals surface area contributed by atoms with Gasteiger partial charge in [-0.05, 0) is 47.9 Å². The Hall–Kier alpha value is -1.06. The molecule has 2 aromatic heterocycles. The van der Waals surface area contributed by atoms with Crippen LogP contribution in [0.15, 0.2) is 29.1 Å². The van der Waals surface area contributed by atoms with Gasteiger partial charge in [-0.15, -0.1) is 0 Å². The predicted molar refractivity (Wildman–Crippen MR) is 70.3 cm³/mol. The van der Waals surface area contributed by atoms with Crippen LogP contribution in [0.3, 0.4) is 0 Å². The van der Waals surface area contributed by atoms with E-state index in [1.807, 2.05) is 13.0 Å². The van der Waals surface area contributed by atoms with E-state index in [0.717, 1.165) is 11.3 Å². The van der Waals surface area contributed by atoms with Crippen molar-refractivity contribution >= 4 is 28.6 Å². The number of nitrogens with zero attached hydrogens (tertiary/aromatic N) is 1. The van der Waals surface area contributed by atoms with Crippen LogP contribution in [0.4, 0.5) is 5.69 Å². The fourth-order valence-corrected chi connectivity index (χ4v) is 2.53. The molecule has 84 valence electrons. The Morgan fingerprint density at radius 2 is 2.25 bits per heavy atom. The summed E-state index contributed by atoms with van der Waals surface area (Å²) >= 11 is 7.76. The number of hydrogen-bond donors (Lipinski definition) is 1. The fraction of sp³-hybridized carbons (Fsp3) is 0.250. The van der Waals surface area contributed by atoms with Gasteiger partial charge in [-0.25, -0.2) is 4.98 Å². The van der Waals surface area contributed by atoms with Crippen molar-refractivity contribution in [2.45, 2.75) is 19.9 Å². The second-order valence-corrected chi connectivity index (χ2v) is 4.85. The lowest BCUT2D eigenvalue weighted by Gasteiger charge is -2.16. The van der Waals surface area contributed by atoms with Crippen LogP contribution >= 0.6 is 22.9 Å². The molecule has 2 nitrogen and oxygen atoms in total. The van der Waals surface area contributed by atoms with E-state index < -0.39 is 0 Å². The Bertz CT molecular complexity index is 448. The number of aryl methyl sites for hydroxylation is 1. The molecule has 0 radical (unpaired) electrons. The zero-order valence-corrected chi connectivity index (χ0v) is 10.8. The monoisotopic (exact) mass is 252 g/mol. The van der Waals surface area contributed by atoms with Crippen molar-refractivity contribution in [3.05, 3.63) is 45.4 Å². The first kappa shape index (κ1) is 11.4. The second kappa shape index (κ2) is 4.85. The summed E-state index contributed by atoms with van der Waals surface area (Å²) in [6, 6.07) is 4.31. The fourth-order valence-electron chi connectivity index (χ4n) is 1.52. The zero-order chi connectivity index (χ0) is 11.5. The second-order valence-electron chi connectivity index (χ2n) is 3.72. The van der Waals surface area contributed by atoms with E-state index >= 15 is 0 Å². The molecule has 2 aromatic rings. The minimum atomic E-state index is 0.242. The van der Waals surface area contributed by atoms with Crippen LogP contribution in [0, 0.1) is 6.92 Å². The van der Waals surface area contributed by atoms with Crippen LogP contribution in [-0.4, -0.2) is 4.98 Å². The van der Waals surface area contributed by atoms with Gasteiger partial charge in [-0.3, -0.25) is 0 Å². The normalized spacial score (nSPS) is 12.4. The van der Waals surface area contributed by atoms with E-state index in [-0.39, 0.29) is 6.04 Å². The first-order valence-corrected chi connectivity index (χ1v) is 6.40. The molecule has 0 aliphatic heterocycles. The number of rotatable bonds is 3. The first-order valence-electron chi connectivity index (χ1n) is 5.08. The molecule has 1 unspecified atom stereocenters. The maximum Gasteiger partial charge on any atom is 0.152 e. The molecule has 1 N–H and O–H groups in total. The lowest BCUT2D eigenvalue weighted by molar-refractivity contribution is 0.886. The molecule has 16 heavy (non-hydrogen) atoms. The number of halogens is 1. The molecule has 0 saturated carbocycles. The van der Waals surface area contributed by atoms with E-state index in [4.69, 9.17) is 11.6 Å². The maximum absolute atomic E-state index is 6.06. The molecule has 0 aliphatic carbocycles. The van der Waals surface area contributed by atoms with E-state index in [1.165, 1.54) is 5.56 Å². The van der Waals surface area contributed by atoms with Crippen molar-refractivity contribution < 1.29 is 0 Å². The minimum Gasteiger partial charge on any atom is -0.376 e. The van der Waals surface area contributed by atoms with Gasteiger partial charge in [0.15, 0.2) is 5.15 Å². The molecule has 0 fully saturated rings. The molecule has 0 saturated heterocycles. The van der Waals surface area contributed by atoms with Gasteiger partial charge in [0.05, 0.1) is 5.69 Å². The Labute approximate surface area is 104 Å². The largest absolute Gasteiger partial charge is 0.376 e. The Morgan fingerprint density at radius 3 is 2.88 bits per heavy atom. The van der Waals surface area contributed by atoms with E-state index in [2.05, 4.69) is 34.1 Å². The molecule has 1 atom stereocenters. The van der Waals surface area contributed by atoms with Crippen LogP contribution in [0.2, 0.25) is 5.15 Å². The van der Waals surface area contributed by atoms with Gasteiger partial charge in [0, 0.05) is 12.2 Å². The van der Waals surface area contributed by atoms with Crippen molar-refractivity contribution in [1.82, 2.24) is 4.98 Å². The highest BCUT2D eigenvalue weighted by molar-refractivity contribution is 7.07. The van der Waals surface area contributed by atoms with Crippen molar-refractivity contribution in [1.29, 1.82) is 0 Å². The summed E-state index contributed by atoms with van der Waals surface area (Å²) in [4.78, 5) is 4.08. The molecule has 0 bridgehead atoms. The quantitative estimate of drug-likeness (QED) is 0.825. The number of aromatic nitrogens is 1. The number of pyridine rings is 1. The zero-order valence-electron chi connectivity index (χ0n) is 9.20. The summed E-state index contributed by atoms with van der Waals surface area (Å²) < 4.78 is 0. The van der Waals surface area contributed by atoms with Gasteiger partial charge >= 0.3 is 0 Å². The summed E-state index contributed by atoms with van der Waals surface area (Å²) in [5, 5.41) is 8.13. The highest BCUT2D eigenvalue weighted by Crippen LogP contribution is 2.28. The summed E-state index contributed by atoms with van der Waals surface area (Å²) in [5.74, 6) is 0. The predicted octanol–water partition coefficient (Wildman–Crippen LogP) is 4.28. The summed E-state index contributed by atoms with van der Waals surface area (Å²) in [6.07, 6.45) is 1.72. The number of nitrogens with one attached hydrogen (secondary N) is 1. The Kier molecular flexibility index (Phi) is 3.46. The minimum absolute atomic E-state index is 0.242.